The van der Waals surface area contributed by atoms with E-state index in [-0.39, 0.29) is 0 Å². The first-order chi connectivity index (χ1) is 7.67. The minimum atomic E-state index is 0.415. The van der Waals surface area contributed by atoms with E-state index in [0.717, 1.165) is 26.2 Å². The highest BCUT2D eigenvalue weighted by atomic mass is 16.5. The molecule has 0 aliphatic rings. The summed E-state index contributed by atoms with van der Waals surface area (Å²) in [4.78, 5) is 2.49. The van der Waals surface area contributed by atoms with Gasteiger partial charge in [0, 0.05) is 26.7 Å². The minimum absolute atomic E-state index is 0.415. The van der Waals surface area contributed by atoms with Gasteiger partial charge in [0.25, 0.3) is 0 Å². The van der Waals surface area contributed by atoms with Gasteiger partial charge in [-0.05, 0) is 31.8 Å². The maximum absolute atomic E-state index is 5.16. The zero-order valence-corrected chi connectivity index (χ0v) is 11.8. The molecule has 0 fully saturated rings. The smallest absolute Gasteiger partial charge is 0.0589 e. The third-order valence-electron chi connectivity index (χ3n) is 3.67. The number of likely N-dealkylation sites (N-methyl/N-ethyl adjacent to an activating group) is 1. The molecule has 0 saturated carbocycles. The Balaban J connectivity index is 4.32. The largest absolute Gasteiger partial charge is 0.383 e. The first kappa shape index (κ1) is 15.9. The van der Waals surface area contributed by atoms with Gasteiger partial charge >= 0.3 is 0 Å². The summed E-state index contributed by atoms with van der Waals surface area (Å²) in [5, 5.41) is 3.34. The maximum atomic E-state index is 5.16. The monoisotopic (exact) mass is 230 g/mol. The lowest BCUT2D eigenvalue weighted by Gasteiger charge is -2.37. The van der Waals surface area contributed by atoms with Gasteiger partial charge in [-0.2, -0.15) is 0 Å². The fourth-order valence-corrected chi connectivity index (χ4v) is 2.20. The number of ether oxygens (including phenoxy) is 1. The first-order valence-electron chi connectivity index (χ1n) is 6.53. The van der Waals surface area contributed by atoms with Crippen LogP contribution in [0.5, 0.6) is 0 Å². The van der Waals surface area contributed by atoms with Crippen molar-refractivity contribution in [3.63, 3.8) is 0 Å². The second-order valence-corrected chi connectivity index (χ2v) is 4.60. The van der Waals surface area contributed by atoms with Crippen molar-refractivity contribution in [1.82, 2.24) is 10.2 Å². The number of rotatable bonds is 10. The second kappa shape index (κ2) is 8.97. The van der Waals surface area contributed by atoms with E-state index in [4.69, 9.17) is 4.74 Å². The quantitative estimate of drug-likeness (QED) is 0.621. The molecule has 0 aliphatic heterocycles. The molecule has 0 saturated heterocycles. The summed E-state index contributed by atoms with van der Waals surface area (Å²) in [5.41, 5.74) is 0.415. The standard InChI is InChI=1S/C13H30N2O/c1-6-13(7-2,11-14-4)12-15(8-3)9-10-16-5/h14H,6-12H2,1-5H3. The molecule has 0 heterocycles. The van der Waals surface area contributed by atoms with Crippen molar-refractivity contribution in [2.75, 3.05) is 46.9 Å². The Bertz CT molecular complexity index is 158. The highest BCUT2D eigenvalue weighted by Gasteiger charge is 2.27. The summed E-state index contributed by atoms with van der Waals surface area (Å²) in [6.45, 7) is 12.1. The molecule has 0 aromatic heterocycles. The topological polar surface area (TPSA) is 24.5 Å². The highest BCUT2D eigenvalue weighted by molar-refractivity contribution is 4.82. The molecule has 0 atom stereocenters. The summed E-state index contributed by atoms with van der Waals surface area (Å²) >= 11 is 0. The molecule has 0 radical (unpaired) electrons. The van der Waals surface area contributed by atoms with Crippen LogP contribution in [0.15, 0.2) is 0 Å². The minimum Gasteiger partial charge on any atom is -0.383 e. The van der Waals surface area contributed by atoms with Gasteiger partial charge in [0.1, 0.15) is 0 Å². The van der Waals surface area contributed by atoms with Crippen LogP contribution in [0.3, 0.4) is 0 Å². The van der Waals surface area contributed by atoms with E-state index in [1.807, 2.05) is 7.05 Å². The summed E-state index contributed by atoms with van der Waals surface area (Å²) in [7, 11) is 3.82. The van der Waals surface area contributed by atoms with Crippen molar-refractivity contribution in [2.45, 2.75) is 33.6 Å². The second-order valence-electron chi connectivity index (χ2n) is 4.60. The molecule has 0 unspecified atom stereocenters. The predicted molar refractivity (Wildman–Crippen MR) is 70.9 cm³/mol. The number of hydrogen-bond acceptors (Lipinski definition) is 3. The van der Waals surface area contributed by atoms with Crippen LogP contribution in [-0.2, 0) is 4.74 Å². The molecule has 0 aliphatic carbocycles. The normalized spacial score (nSPS) is 12.4. The van der Waals surface area contributed by atoms with Crippen LogP contribution >= 0.6 is 0 Å². The molecule has 0 bridgehead atoms. The zero-order valence-electron chi connectivity index (χ0n) is 11.8. The van der Waals surface area contributed by atoms with E-state index in [0.29, 0.717) is 5.41 Å². The first-order valence-corrected chi connectivity index (χ1v) is 6.53. The molecule has 1 N–H and O–H groups in total. The van der Waals surface area contributed by atoms with Crippen LogP contribution in [0.25, 0.3) is 0 Å². The molecule has 3 nitrogen and oxygen atoms in total. The molecule has 0 spiro atoms. The fraction of sp³-hybridized carbons (Fsp3) is 1.00. The van der Waals surface area contributed by atoms with Crippen molar-refractivity contribution < 1.29 is 4.74 Å². The van der Waals surface area contributed by atoms with Crippen LogP contribution < -0.4 is 5.32 Å². The van der Waals surface area contributed by atoms with Gasteiger partial charge in [-0.3, -0.25) is 0 Å². The zero-order chi connectivity index (χ0) is 12.4. The van der Waals surface area contributed by atoms with Gasteiger partial charge in [-0.1, -0.05) is 20.8 Å². The van der Waals surface area contributed by atoms with Gasteiger partial charge < -0.3 is 15.0 Å². The summed E-state index contributed by atoms with van der Waals surface area (Å²) in [6, 6.07) is 0. The third kappa shape index (κ3) is 5.28. The molecule has 16 heavy (non-hydrogen) atoms. The molecule has 0 rings (SSSR count). The number of nitrogens with one attached hydrogen (secondary N) is 1. The molecule has 0 aromatic carbocycles. The van der Waals surface area contributed by atoms with E-state index in [9.17, 15) is 0 Å². The summed E-state index contributed by atoms with van der Waals surface area (Å²) < 4.78 is 5.16. The molecule has 0 amide bonds. The van der Waals surface area contributed by atoms with Crippen molar-refractivity contribution in [3.8, 4) is 0 Å². The van der Waals surface area contributed by atoms with Crippen molar-refractivity contribution in [1.29, 1.82) is 0 Å². The van der Waals surface area contributed by atoms with E-state index in [1.54, 1.807) is 7.11 Å². The molecule has 3 heteroatoms. The van der Waals surface area contributed by atoms with Gasteiger partial charge in [-0.15, -0.1) is 0 Å². The van der Waals surface area contributed by atoms with Crippen LogP contribution in [0.4, 0.5) is 0 Å². The Hall–Kier alpha value is -0.120. The van der Waals surface area contributed by atoms with Gasteiger partial charge in [0.2, 0.25) is 0 Å². The number of nitrogens with zero attached hydrogens (tertiary/aromatic N) is 1. The van der Waals surface area contributed by atoms with Crippen LogP contribution in [0.2, 0.25) is 0 Å². The molecule has 0 aromatic rings. The van der Waals surface area contributed by atoms with E-state index < -0.39 is 0 Å². The average Bonchev–Trinajstić information content (AvgIpc) is 2.33. The highest BCUT2D eigenvalue weighted by Crippen LogP contribution is 2.26. The Labute approximate surface area is 102 Å². The van der Waals surface area contributed by atoms with Crippen molar-refractivity contribution in [2.24, 2.45) is 5.41 Å². The Kier molecular flexibility index (Phi) is 8.90. The maximum Gasteiger partial charge on any atom is 0.0589 e. The molecular weight excluding hydrogens is 200 g/mol. The average molecular weight is 230 g/mol. The lowest BCUT2D eigenvalue weighted by molar-refractivity contribution is 0.103. The Morgan fingerprint density at radius 1 is 1.19 bits per heavy atom. The predicted octanol–water partition coefficient (Wildman–Crippen LogP) is 1.98. The van der Waals surface area contributed by atoms with Gasteiger partial charge in [-0.25, -0.2) is 0 Å². The Morgan fingerprint density at radius 3 is 2.19 bits per heavy atom. The van der Waals surface area contributed by atoms with E-state index in [2.05, 4.69) is 31.0 Å². The van der Waals surface area contributed by atoms with Crippen molar-refractivity contribution >= 4 is 0 Å². The van der Waals surface area contributed by atoms with Gasteiger partial charge in [0.15, 0.2) is 0 Å². The van der Waals surface area contributed by atoms with E-state index >= 15 is 0 Å². The lowest BCUT2D eigenvalue weighted by atomic mass is 9.81. The van der Waals surface area contributed by atoms with E-state index in [1.165, 1.54) is 19.4 Å². The summed E-state index contributed by atoms with van der Waals surface area (Å²) in [5.74, 6) is 0. The fourth-order valence-electron chi connectivity index (χ4n) is 2.20. The SMILES string of the molecule is CCN(CCOC)CC(CC)(CC)CNC. The van der Waals surface area contributed by atoms with Gasteiger partial charge in [0.05, 0.1) is 6.61 Å². The van der Waals surface area contributed by atoms with Crippen molar-refractivity contribution in [3.05, 3.63) is 0 Å². The molecule has 98 valence electrons. The van der Waals surface area contributed by atoms with Crippen LogP contribution in [-0.4, -0.2) is 51.8 Å². The Morgan fingerprint density at radius 2 is 1.81 bits per heavy atom. The lowest BCUT2D eigenvalue weighted by Crippen LogP contribution is -2.43. The van der Waals surface area contributed by atoms with Crippen LogP contribution in [0, 0.1) is 5.41 Å². The third-order valence-corrected chi connectivity index (χ3v) is 3.67. The van der Waals surface area contributed by atoms with Crippen LogP contribution in [0.1, 0.15) is 33.6 Å². The molecular formula is C13H30N2O. The summed E-state index contributed by atoms with van der Waals surface area (Å²) in [6.07, 6.45) is 2.46. The number of hydrogen-bond donors (Lipinski definition) is 1. The number of methoxy groups -OCH3 is 1.